The van der Waals surface area contributed by atoms with Crippen molar-refractivity contribution in [3.8, 4) is 5.75 Å². The summed E-state index contributed by atoms with van der Waals surface area (Å²) >= 11 is 0. The summed E-state index contributed by atoms with van der Waals surface area (Å²) in [4.78, 5) is 0. The van der Waals surface area contributed by atoms with Gasteiger partial charge in [0.05, 0.1) is 13.7 Å². The molecule has 1 aromatic heterocycles. The zero-order valence-corrected chi connectivity index (χ0v) is 10.9. The van der Waals surface area contributed by atoms with Gasteiger partial charge in [0.1, 0.15) is 11.9 Å². The third kappa shape index (κ3) is 2.54. The van der Waals surface area contributed by atoms with Crippen molar-refractivity contribution in [2.75, 3.05) is 7.11 Å². The Morgan fingerprint density at radius 2 is 2.11 bits per heavy atom. The van der Waals surface area contributed by atoms with Crippen LogP contribution in [0.4, 0.5) is 0 Å². The minimum Gasteiger partial charge on any atom is -0.496 e. The van der Waals surface area contributed by atoms with Gasteiger partial charge in [0.25, 0.3) is 0 Å². The molecule has 2 rings (SSSR count). The first kappa shape index (κ1) is 12.6. The highest BCUT2D eigenvalue weighted by molar-refractivity contribution is 5.38. The monoisotopic (exact) mass is 246 g/mol. The van der Waals surface area contributed by atoms with Crippen LogP contribution in [-0.4, -0.2) is 22.0 Å². The summed E-state index contributed by atoms with van der Waals surface area (Å²) < 4.78 is 7.07. The molecular formula is C14H18N2O2. The minimum atomic E-state index is -0.626. The summed E-state index contributed by atoms with van der Waals surface area (Å²) in [5.41, 5.74) is 2.93. The van der Waals surface area contributed by atoms with Gasteiger partial charge in [-0.3, -0.25) is 4.68 Å². The van der Waals surface area contributed by atoms with Crippen molar-refractivity contribution in [3.63, 3.8) is 0 Å². The summed E-state index contributed by atoms with van der Waals surface area (Å²) in [7, 11) is 1.61. The maximum Gasteiger partial charge on any atom is 0.124 e. The number of aliphatic hydroxyl groups excluding tert-OH is 1. The third-order valence-electron chi connectivity index (χ3n) is 3.02. The molecule has 1 N–H and O–H groups in total. The minimum absolute atomic E-state index is 0.429. The Bertz CT molecular complexity index is 534. The number of nitrogens with zero attached hydrogens (tertiary/aromatic N) is 2. The quantitative estimate of drug-likeness (QED) is 0.900. The molecule has 0 saturated carbocycles. The molecule has 0 saturated heterocycles. The molecule has 0 aliphatic carbocycles. The zero-order valence-electron chi connectivity index (χ0n) is 10.9. The number of benzene rings is 1. The Labute approximate surface area is 107 Å². The molecule has 0 aliphatic heterocycles. The molecule has 1 unspecified atom stereocenters. The second-order valence-corrected chi connectivity index (χ2v) is 4.42. The smallest absolute Gasteiger partial charge is 0.124 e. The average Bonchev–Trinajstić information content (AvgIpc) is 2.75. The number of methoxy groups -OCH3 is 1. The molecule has 2 aromatic rings. The second-order valence-electron chi connectivity index (χ2n) is 4.42. The molecule has 96 valence electrons. The largest absolute Gasteiger partial charge is 0.496 e. The predicted octanol–water partition coefficient (Wildman–Crippen LogP) is 2.24. The fraction of sp³-hybridized carbons (Fsp3) is 0.357. The molecule has 0 aliphatic rings. The molecule has 0 bridgehead atoms. The lowest BCUT2D eigenvalue weighted by atomic mass is 10.1. The third-order valence-corrected chi connectivity index (χ3v) is 3.02. The fourth-order valence-electron chi connectivity index (χ4n) is 1.97. The van der Waals surface area contributed by atoms with Crippen molar-refractivity contribution in [1.29, 1.82) is 0 Å². The van der Waals surface area contributed by atoms with Gasteiger partial charge in [0, 0.05) is 17.5 Å². The summed E-state index contributed by atoms with van der Waals surface area (Å²) in [6.07, 6.45) is 1.11. The summed E-state index contributed by atoms with van der Waals surface area (Å²) in [5, 5.41) is 14.5. The Morgan fingerprint density at radius 3 is 2.72 bits per heavy atom. The fourth-order valence-corrected chi connectivity index (χ4v) is 1.97. The van der Waals surface area contributed by atoms with Gasteiger partial charge in [-0.25, -0.2) is 0 Å². The number of aliphatic hydroxyl groups is 1. The maximum absolute atomic E-state index is 10.3. The highest BCUT2D eigenvalue weighted by Gasteiger charge is 2.15. The van der Waals surface area contributed by atoms with Gasteiger partial charge >= 0.3 is 0 Å². The molecule has 1 aromatic carbocycles. The SMILES string of the molecule is COc1ccc(C)cc1C(O)Cn1nccc1C. The van der Waals surface area contributed by atoms with E-state index in [-0.39, 0.29) is 0 Å². The number of hydrogen-bond donors (Lipinski definition) is 1. The van der Waals surface area contributed by atoms with E-state index in [1.807, 2.05) is 38.1 Å². The van der Waals surface area contributed by atoms with Gasteiger partial charge < -0.3 is 9.84 Å². The van der Waals surface area contributed by atoms with Crippen molar-refractivity contribution in [2.45, 2.75) is 26.5 Å². The number of ether oxygens (including phenoxy) is 1. The summed E-state index contributed by atoms with van der Waals surface area (Å²) in [6.45, 7) is 4.39. The average molecular weight is 246 g/mol. The van der Waals surface area contributed by atoms with E-state index >= 15 is 0 Å². The highest BCUT2D eigenvalue weighted by atomic mass is 16.5. The van der Waals surface area contributed by atoms with Crippen LogP contribution in [0.3, 0.4) is 0 Å². The summed E-state index contributed by atoms with van der Waals surface area (Å²) in [6, 6.07) is 7.71. The topological polar surface area (TPSA) is 47.3 Å². The van der Waals surface area contributed by atoms with Crippen molar-refractivity contribution >= 4 is 0 Å². The van der Waals surface area contributed by atoms with E-state index in [9.17, 15) is 5.11 Å². The van der Waals surface area contributed by atoms with Gasteiger partial charge in [-0.2, -0.15) is 5.10 Å². The molecule has 4 nitrogen and oxygen atoms in total. The van der Waals surface area contributed by atoms with Crippen LogP contribution in [0.25, 0.3) is 0 Å². The van der Waals surface area contributed by atoms with Crippen LogP contribution in [0, 0.1) is 13.8 Å². The lowest BCUT2D eigenvalue weighted by molar-refractivity contribution is 0.147. The van der Waals surface area contributed by atoms with Crippen molar-refractivity contribution in [1.82, 2.24) is 9.78 Å². The van der Waals surface area contributed by atoms with Gasteiger partial charge in [0.15, 0.2) is 0 Å². The van der Waals surface area contributed by atoms with Gasteiger partial charge in [-0.15, -0.1) is 0 Å². The van der Waals surface area contributed by atoms with E-state index in [4.69, 9.17) is 4.74 Å². The molecule has 18 heavy (non-hydrogen) atoms. The molecule has 1 heterocycles. The number of hydrogen-bond acceptors (Lipinski definition) is 3. The lowest BCUT2D eigenvalue weighted by Crippen LogP contribution is -2.12. The van der Waals surface area contributed by atoms with Crippen LogP contribution in [-0.2, 0) is 6.54 Å². The molecular weight excluding hydrogens is 228 g/mol. The van der Waals surface area contributed by atoms with E-state index in [1.54, 1.807) is 18.0 Å². The standard InChI is InChI=1S/C14H18N2O2/c1-10-4-5-14(18-3)12(8-10)13(17)9-16-11(2)6-7-15-16/h4-8,13,17H,9H2,1-3H3. The van der Waals surface area contributed by atoms with E-state index in [2.05, 4.69) is 5.10 Å². The van der Waals surface area contributed by atoms with Gasteiger partial charge in [-0.05, 0) is 32.0 Å². The van der Waals surface area contributed by atoms with Crippen molar-refractivity contribution in [3.05, 3.63) is 47.3 Å². The second kappa shape index (κ2) is 5.23. The molecule has 0 radical (unpaired) electrons. The van der Waals surface area contributed by atoms with Crippen LogP contribution >= 0.6 is 0 Å². The first-order valence-electron chi connectivity index (χ1n) is 5.93. The lowest BCUT2D eigenvalue weighted by Gasteiger charge is -2.16. The molecule has 1 atom stereocenters. The van der Waals surface area contributed by atoms with Crippen LogP contribution in [0.5, 0.6) is 5.75 Å². The van der Waals surface area contributed by atoms with E-state index in [1.165, 1.54) is 0 Å². The molecule has 0 spiro atoms. The van der Waals surface area contributed by atoms with Crippen molar-refractivity contribution in [2.24, 2.45) is 0 Å². The zero-order chi connectivity index (χ0) is 13.1. The Kier molecular flexibility index (Phi) is 3.67. The van der Waals surface area contributed by atoms with E-state index in [0.29, 0.717) is 12.3 Å². The Morgan fingerprint density at radius 1 is 1.33 bits per heavy atom. The van der Waals surface area contributed by atoms with Crippen LogP contribution < -0.4 is 4.74 Å². The van der Waals surface area contributed by atoms with Crippen LogP contribution in [0.1, 0.15) is 22.9 Å². The van der Waals surface area contributed by atoms with Gasteiger partial charge in [-0.1, -0.05) is 11.6 Å². The normalized spacial score (nSPS) is 12.4. The number of rotatable bonds is 4. The van der Waals surface area contributed by atoms with E-state index < -0.39 is 6.10 Å². The Balaban J connectivity index is 2.25. The first-order valence-corrected chi connectivity index (χ1v) is 5.93. The molecule has 0 fully saturated rings. The number of aryl methyl sites for hydroxylation is 2. The number of aromatic nitrogens is 2. The maximum atomic E-state index is 10.3. The summed E-state index contributed by atoms with van der Waals surface area (Å²) in [5.74, 6) is 0.706. The van der Waals surface area contributed by atoms with Crippen molar-refractivity contribution < 1.29 is 9.84 Å². The van der Waals surface area contributed by atoms with Crippen LogP contribution in [0.15, 0.2) is 30.5 Å². The predicted molar refractivity (Wildman–Crippen MR) is 69.7 cm³/mol. The van der Waals surface area contributed by atoms with Crippen LogP contribution in [0.2, 0.25) is 0 Å². The first-order chi connectivity index (χ1) is 8.61. The van der Waals surface area contributed by atoms with E-state index in [0.717, 1.165) is 16.8 Å². The Hall–Kier alpha value is -1.81. The molecule has 0 amide bonds. The highest BCUT2D eigenvalue weighted by Crippen LogP contribution is 2.27. The van der Waals surface area contributed by atoms with Gasteiger partial charge in [0.2, 0.25) is 0 Å². The molecule has 4 heteroatoms.